The minimum absolute atomic E-state index is 0.0698. The molecule has 0 saturated carbocycles. The smallest absolute Gasteiger partial charge is 0.262 e. The number of thiophene rings is 1. The largest absolute Gasteiger partial charge is 0.392 e. The molecule has 0 amide bonds. The summed E-state index contributed by atoms with van der Waals surface area (Å²) in [7, 11) is 0. The first-order chi connectivity index (χ1) is 7.50. The van der Waals surface area contributed by atoms with Crippen molar-refractivity contribution < 1.29 is 0 Å². The molecule has 0 bridgehead atoms. The van der Waals surface area contributed by atoms with Crippen LogP contribution >= 0.6 is 23.6 Å². The summed E-state index contributed by atoms with van der Waals surface area (Å²) in [6.45, 7) is 4.16. The minimum Gasteiger partial charge on any atom is -0.392 e. The molecule has 84 valence electrons. The van der Waals surface area contributed by atoms with Crippen molar-refractivity contribution in [2.75, 3.05) is 0 Å². The second kappa shape index (κ2) is 3.95. The van der Waals surface area contributed by atoms with Crippen LogP contribution in [0.25, 0.3) is 10.2 Å². The van der Waals surface area contributed by atoms with Crippen LogP contribution in [0.5, 0.6) is 0 Å². The predicted octanol–water partition coefficient (Wildman–Crippen LogP) is 1.36. The van der Waals surface area contributed by atoms with E-state index in [1.807, 2.05) is 13.8 Å². The van der Waals surface area contributed by atoms with Gasteiger partial charge in [0.25, 0.3) is 5.56 Å². The SMILES string of the molecule is Cc1sc2ncn(CC(N)=S)c(=O)c2c1C. The van der Waals surface area contributed by atoms with E-state index in [-0.39, 0.29) is 17.1 Å². The number of nitrogens with zero attached hydrogens (tertiary/aromatic N) is 2. The zero-order valence-electron chi connectivity index (χ0n) is 8.98. The van der Waals surface area contributed by atoms with Crippen LogP contribution in [0, 0.1) is 13.8 Å². The highest BCUT2D eigenvalue weighted by Gasteiger charge is 2.11. The Morgan fingerprint density at radius 2 is 2.31 bits per heavy atom. The average molecular weight is 253 g/mol. The molecule has 0 saturated heterocycles. The first kappa shape index (κ1) is 11.2. The van der Waals surface area contributed by atoms with Gasteiger partial charge < -0.3 is 5.73 Å². The van der Waals surface area contributed by atoms with Crippen molar-refractivity contribution >= 4 is 38.8 Å². The Balaban J connectivity index is 2.73. The Hall–Kier alpha value is -1.27. The normalized spacial score (nSPS) is 10.9. The summed E-state index contributed by atoms with van der Waals surface area (Å²) >= 11 is 6.32. The molecule has 0 radical (unpaired) electrons. The van der Waals surface area contributed by atoms with E-state index in [2.05, 4.69) is 4.98 Å². The highest BCUT2D eigenvalue weighted by atomic mass is 32.1. The number of hydrogen-bond donors (Lipinski definition) is 1. The topological polar surface area (TPSA) is 60.9 Å². The number of thiocarbonyl (C=S) groups is 1. The van der Waals surface area contributed by atoms with Gasteiger partial charge in [0.2, 0.25) is 0 Å². The Morgan fingerprint density at radius 3 is 2.94 bits per heavy atom. The van der Waals surface area contributed by atoms with Crippen molar-refractivity contribution in [3.8, 4) is 0 Å². The van der Waals surface area contributed by atoms with Crippen LogP contribution < -0.4 is 11.3 Å². The molecule has 2 rings (SSSR count). The average Bonchev–Trinajstić information content (AvgIpc) is 2.48. The van der Waals surface area contributed by atoms with Crippen LogP contribution in [0.15, 0.2) is 11.1 Å². The lowest BCUT2D eigenvalue weighted by atomic mass is 10.2. The highest BCUT2D eigenvalue weighted by Crippen LogP contribution is 2.25. The molecule has 4 nitrogen and oxygen atoms in total. The fourth-order valence-electron chi connectivity index (χ4n) is 1.55. The third-order valence-electron chi connectivity index (χ3n) is 2.48. The van der Waals surface area contributed by atoms with Crippen molar-refractivity contribution in [1.82, 2.24) is 9.55 Å². The van der Waals surface area contributed by atoms with Gasteiger partial charge in [0, 0.05) is 4.88 Å². The maximum absolute atomic E-state index is 12.1. The van der Waals surface area contributed by atoms with Gasteiger partial charge in [0.1, 0.15) is 4.83 Å². The van der Waals surface area contributed by atoms with Crippen LogP contribution in [-0.4, -0.2) is 14.5 Å². The van der Waals surface area contributed by atoms with Crippen molar-refractivity contribution in [3.63, 3.8) is 0 Å². The molecule has 0 aliphatic rings. The van der Waals surface area contributed by atoms with Gasteiger partial charge in [-0.1, -0.05) is 12.2 Å². The third kappa shape index (κ3) is 1.74. The quantitative estimate of drug-likeness (QED) is 0.821. The van der Waals surface area contributed by atoms with Crippen molar-refractivity contribution in [1.29, 1.82) is 0 Å². The maximum Gasteiger partial charge on any atom is 0.262 e. The Morgan fingerprint density at radius 1 is 1.62 bits per heavy atom. The van der Waals surface area contributed by atoms with E-state index in [1.54, 1.807) is 0 Å². The van der Waals surface area contributed by atoms with Crippen LogP contribution in [0.3, 0.4) is 0 Å². The molecule has 2 heterocycles. The number of hydrogen-bond acceptors (Lipinski definition) is 4. The van der Waals surface area contributed by atoms with Gasteiger partial charge in [-0.2, -0.15) is 0 Å². The van der Waals surface area contributed by atoms with E-state index >= 15 is 0 Å². The maximum atomic E-state index is 12.1. The Bertz CT molecular complexity index is 627. The number of fused-ring (bicyclic) bond motifs is 1. The number of rotatable bonds is 2. The Labute approximate surface area is 102 Å². The van der Waals surface area contributed by atoms with Gasteiger partial charge in [-0.25, -0.2) is 4.98 Å². The number of aryl methyl sites for hydroxylation is 2. The molecule has 0 aromatic carbocycles. The van der Waals surface area contributed by atoms with Crippen LogP contribution in [-0.2, 0) is 6.54 Å². The molecule has 0 fully saturated rings. The molecule has 2 aromatic heterocycles. The van der Waals surface area contributed by atoms with Gasteiger partial charge in [-0.3, -0.25) is 9.36 Å². The molecule has 0 atom stereocenters. The lowest BCUT2D eigenvalue weighted by molar-refractivity contribution is 0.795. The van der Waals surface area contributed by atoms with Crippen molar-refractivity contribution in [2.45, 2.75) is 20.4 Å². The predicted molar refractivity (Wildman–Crippen MR) is 70.1 cm³/mol. The molecule has 0 aliphatic heterocycles. The molecule has 0 aliphatic carbocycles. The minimum atomic E-state index is -0.0698. The number of aromatic nitrogens is 2. The summed E-state index contributed by atoms with van der Waals surface area (Å²) in [5.41, 5.74) is 6.35. The molecule has 0 spiro atoms. The second-order valence-electron chi connectivity index (χ2n) is 3.61. The summed E-state index contributed by atoms with van der Waals surface area (Å²) in [4.78, 5) is 18.5. The third-order valence-corrected chi connectivity index (χ3v) is 3.73. The summed E-state index contributed by atoms with van der Waals surface area (Å²) < 4.78 is 1.45. The molecule has 2 aromatic rings. The van der Waals surface area contributed by atoms with E-state index in [9.17, 15) is 4.79 Å². The molecule has 16 heavy (non-hydrogen) atoms. The van der Waals surface area contributed by atoms with Crippen LogP contribution in [0.1, 0.15) is 10.4 Å². The van der Waals surface area contributed by atoms with Crippen LogP contribution in [0.2, 0.25) is 0 Å². The lowest BCUT2D eigenvalue weighted by Gasteiger charge is -2.03. The van der Waals surface area contributed by atoms with E-state index in [1.165, 1.54) is 22.2 Å². The van der Waals surface area contributed by atoms with Crippen molar-refractivity contribution in [2.24, 2.45) is 5.73 Å². The first-order valence-electron chi connectivity index (χ1n) is 4.74. The fraction of sp³-hybridized carbons (Fsp3) is 0.300. The Kier molecular flexibility index (Phi) is 2.77. The monoisotopic (exact) mass is 253 g/mol. The van der Waals surface area contributed by atoms with Gasteiger partial charge in [-0.05, 0) is 19.4 Å². The zero-order chi connectivity index (χ0) is 11.9. The molecular formula is C10H11N3OS2. The summed E-state index contributed by atoms with van der Waals surface area (Å²) in [6.07, 6.45) is 1.50. The van der Waals surface area contributed by atoms with Crippen LogP contribution in [0.4, 0.5) is 0 Å². The van der Waals surface area contributed by atoms with E-state index in [0.29, 0.717) is 5.39 Å². The van der Waals surface area contributed by atoms with Gasteiger partial charge in [0.05, 0.1) is 23.2 Å². The summed E-state index contributed by atoms with van der Waals surface area (Å²) in [5, 5.41) is 0.682. The highest BCUT2D eigenvalue weighted by molar-refractivity contribution is 7.80. The second-order valence-corrected chi connectivity index (χ2v) is 5.33. The molecule has 2 N–H and O–H groups in total. The lowest BCUT2D eigenvalue weighted by Crippen LogP contribution is -2.27. The van der Waals surface area contributed by atoms with E-state index < -0.39 is 0 Å². The van der Waals surface area contributed by atoms with E-state index in [4.69, 9.17) is 18.0 Å². The molecular weight excluding hydrogens is 242 g/mol. The summed E-state index contributed by atoms with van der Waals surface area (Å²) in [6, 6.07) is 0. The number of nitrogens with two attached hydrogens (primary N) is 1. The fourth-order valence-corrected chi connectivity index (χ4v) is 2.68. The molecule has 0 unspecified atom stereocenters. The first-order valence-corrected chi connectivity index (χ1v) is 5.96. The van der Waals surface area contributed by atoms with Gasteiger partial charge in [-0.15, -0.1) is 11.3 Å². The van der Waals surface area contributed by atoms with Crippen molar-refractivity contribution in [3.05, 3.63) is 27.1 Å². The van der Waals surface area contributed by atoms with E-state index in [0.717, 1.165) is 15.3 Å². The molecule has 6 heteroatoms. The zero-order valence-corrected chi connectivity index (χ0v) is 10.6. The summed E-state index contributed by atoms with van der Waals surface area (Å²) in [5.74, 6) is 0. The standard InChI is InChI=1S/C10H11N3OS2/c1-5-6(2)16-9-8(5)10(14)13(4-12-9)3-7(11)15/h4H,3H2,1-2H3,(H2,11,15). The van der Waals surface area contributed by atoms with Gasteiger partial charge in [0.15, 0.2) is 0 Å². The van der Waals surface area contributed by atoms with Gasteiger partial charge >= 0.3 is 0 Å².